The molecule has 0 radical (unpaired) electrons. The molecule has 0 fully saturated rings. The third kappa shape index (κ3) is 4.37. The molecule has 1 aromatic rings. The lowest BCUT2D eigenvalue weighted by Gasteiger charge is -2.33. The van der Waals surface area contributed by atoms with E-state index in [1.165, 1.54) is 59.8 Å². The molecule has 0 aliphatic carbocycles. The van der Waals surface area contributed by atoms with Crippen molar-refractivity contribution in [2.24, 2.45) is 0 Å². The van der Waals surface area contributed by atoms with Crippen molar-refractivity contribution < 1.29 is 4.43 Å². The van der Waals surface area contributed by atoms with Crippen molar-refractivity contribution in [1.82, 2.24) is 0 Å². The van der Waals surface area contributed by atoms with Crippen LogP contribution in [-0.2, 0) is 0 Å². The monoisotopic (exact) mass is 292 g/mol. The summed E-state index contributed by atoms with van der Waals surface area (Å²) in [5.74, 6) is 1.18. The maximum absolute atomic E-state index is 6.78. The fraction of sp³-hybridized carbons (Fsp3) is 0.667. The van der Waals surface area contributed by atoms with Crippen LogP contribution in [0.15, 0.2) is 12.1 Å². The normalized spacial score (nSPS) is 11.7. The number of aryl methyl sites for hydroxylation is 3. The van der Waals surface area contributed by atoms with Crippen LogP contribution in [0.25, 0.3) is 0 Å². The Kier molecular flexibility index (Phi) is 6.80. The Hall–Kier alpha value is -0.763. The van der Waals surface area contributed by atoms with Gasteiger partial charge in [-0.25, -0.2) is 0 Å². The van der Waals surface area contributed by atoms with Crippen molar-refractivity contribution in [2.75, 3.05) is 0 Å². The summed E-state index contributed by atoms with van der Waals surface area (Å²) in [5.41, 5.74) is 3.95. The van der Waals surface area contributed by atoms with E-state index in [4.69, 9.17) is 4.43 Å². The van der Waals surface area contributed by atoms with Gasteiger partial charge in [0.05, 0.1) is 0 Å². The lowest BCUT2D eigenvalue weighted by molar-refractivity contribution is 0.511. The highest BCUT2D eigenvalue weighted by molar-refractivity contribution is 6.74. The maximum atomic E-state index is 6.78. The van der Waals surface area contributed by atoms with E-state index >= 15 is 0 Å². The fourth-order valence-electron chi connectivity index (χ4n) is 3.44. The van der Waals surface area contributed by atoms with Crippen molar-refractivity contribution >= 4 is 8.32 Å². The van der Waals surface area contributed by atoms with Crippen LogP contribution in [0, 0.1) is 20.8 Å². The van der Waals surface area contributed by atoms with Gasteiger partial charge in [0.15, 0.2) is 0 Å². The molecular formula is C18H32OSi. The molecule has 0 spiro atoms. The van der Waals surface area contributed by atoms with Crippen molar-refractivity contribution in [1.29, 1.82) is 0 Å². The van der Waals surface area contributed by atoms with E-state index in [1.54, 1.807) is 0 Å². The van der Waals surface area contributed by atoms with Crippen LogP contribution in [0.3, 0.4) is 0 Å². The van der Waals surface area contributed by atoms with Gasteiger partial charge in [-0.05, 0) is 50.0 Å². The molecule has 0 atom stereocenters. The minimum atomic E-state index is -1.62. The molecule has 20 heavy (non-hydrogen) atoms. The number of hydrogen-bond donors (Lipinski definition) is 0. The first-order chi connectivity index (χ1) is 9.48. The number of rotatable bonds is 8. The van der Waals surface area contributed by atoms with Crippen LogP contribution >= 0.6 is 0 Å². The van der Waals surface area contributed by atoms with Gasteiger partial charge in [0.1, 0.15) is 5.75 Å². The van der Waals surface area contributed by atoms with Gasteiger partial charge in [0, 0.05) is 0 Å². The van der Waals surface area contributed by atoms with Crippen molar-refractivity contribution in [3.63, 3.8) is 0 Å². The van der Waals surface area contributed by atoms with Gasteiger partial charge in [-0.1, -0.05) is 57.7 Å². The van der Waals surface area contributed by atoms with Crippen LogP contribution in [0.1, 0.15) is 56.7 Å². The largest absolute Gasteiger partial charge is 0.543 e. The number of hydrogen-bond acceptors (Lipinski definition) is 1. The van der Waals surface area contributed by atoms with Gasteiger partial charge in [-0.15, -0.1) is 0 Å². The van der Waals surface area contributed by atoms with E-state index in [0.29, 0.717) is 0 Å². The zero-order valence-electron chi connectivity index (χ0n) is 14.3. The summed E-state index contributed by atoms with van der Waals surface area (Å²) in [6, 6.07) is 8.39. The minimum Gasteiger partial charge on any atom is -0.543 e. The van der Waals surface area contributed by atoms with Gasteiger partial charge >= 0.3 is 0 Å². The Balaban J connectivity index is 3.11. The van der Waals surface area contributed by atoms with Gasteiger partial charge in [0.2, 0.25) is 0 Å². The fourth-order valence-corrected chi connectivity index (χ4v) is 7.98. The van der Waals surface area contributed by atoms with E-state index < -0.39 is 8.32 Å². The molecule has 0 bridgehead atoms. The Morgan fingerprint density at radius 2 is 1.20 bits per heavy atom. The second kappa shape index (κ2) is 7.87. The zero-order valence-corrected chi connectivity index (χ0v) is 15.3. The predicted molar refractivity (Wildman–Crippen MR) is 92.3 cm³/mol. The molecule has 0 saturated carbocycles. The average Bonchev–Trinajstić information content (AvgIpc) is 2.35. The van der Waals surface area contributed by atoms with E-state index in [1.807, 2.05) is 0 Å². The summed E-state index contributed by atoms with van der Waals surface area (Å²) < 4.78 is 6.78. The molecule has 114 valence electrons. The Labute approximate surface area is 126 Å². The van der Waals surface area contributed by atoms with Gasteiger partial charge in [-0.2, -0.15) is 0 Å². The van der Waals surface area contributed by atoms with Crippen LogP contribution in [-0.4, -0.2) is 8.32 Å². The molecule has 0 unspecified atom stereocenters. The molecule has 0 aliphatic heterocycles. The van der Waals surface area contributed by atoms with E-state index in [2.05, 4.69) is 53.7 Å². The topological polar surface area (TPSA) is 9.23 Å². The maximum Gasteiger partial charge on any atom is 0.251 e. The molecule has 0 aliphatic rings. The third-order valence-corrected chi connectivity index (χ3v) is 8.91. The SMILES string of the molecule is CCC[Si](CCC)(CCC)Oc1c(C)cc(C)cc1C. The van der Waals surface area contributed by atoms with Crippen molar-refractivity contribution in [3.8, 4) is 5.75 Å². The smallest absolute Gasteiger partial charge is 0.251 e. The molecule has 0 N–H and O–H groups in total. The van der Waals surface area contributed by atoms with Crippen LogP contribution < -0.4 is 4.43 Å². The summed E-state index contributed by atoms with van der Waals surface area (Å²) in [6.07, 6.45) is 3.74. The van der Waals surface area contributed by atoms with Gasteiger partial charge < -0.3 is 4.43 Å². The Bertz CT molecular complexity index is 385. The summed E-state index contributed by atoms with van der Waals surface area (Å²) in [5, 5.41) is 0. The van der Waals surface area contributed by atoms with Crippen LogP contribution in [0.2, 0.25) is 18.1 Å². The summed E-state index contributed by atoms with van der Waals surface area (Å²) >= 11 is 0. The second-order valence-corrected chi connectivity index (χ2v) is 10.3. The summed E-state index contributed by atoms with van der Waals surface area (Å²) in [7, 11) is -1.62. The highest BCUT2D eigenvalue weighted by atomic mass is 28.4. The van der Waals surface area contributed by atoms with E-state index in [9.17, 15) is 0 Å². The molecule has 0 heterocycles. The molecule has 0 aromatic heterocycles. The predicted octanol–water partition coefficient (Wildman–Crippen LogP) is 6.17. The van der Waals surface area contributed by atoms with Crippen molar-refractivity contribution in [3.05, 3.63) is 28.8 Å². The van der Waals surface area contributed by atoms with E-state index in [0.717, 1.165) is 0 Å². The number of benzene rings is 1. The standard InChI is InChI=1S/C18H32OSi/c1-7-10-20(11-8-2,12-9-3)19-18-16(5)13-15(4)14-17(18)6/h13-14H,7-12H2,1-6H3. The Morgan fingerprint density at radius 1 is 0.800 bits per heavy atom. The molecule has 1 rings (SSSR count). The summed E-state index contributed by atoms with van der Waals surface area (Å²) in [6.45, 7) is 13.4. The molecule has 0 saturated heterocycles. The quantitative estimate of drug-likeness (QED) is 0.521. The van der Waals surface area contributed by atoms with Crippen molar-refractivity contribution in [2.45, 2.75) is 78.9 Å². The molecule has 1 aromatic carbocycles. The third-order valence-electron chi connectivity index (χ3n) is 4.04. The van der Waals surface area contributed by atoms with Gasteiger partial charge in [0.25, 0.3) is 8.32 Å². The van der Waals surface area contributed by atoms with Crippen LogP contribution in [0.5, 0.6) is 5.75 Å². The highest BCUT2D eigenvalue weighted by Gasteiger charge is 2.34. The molecular weight excluding hydrogens is 260 g/mol. The molecule has 1 nitrogen and oxygen atoms in total. The lowest BCUT2D eigenvalue weighted by Crippen LogP contribution is -2.41. The molecule has 0 amide bonds. The van der Waals surface area contributed by atoms with E-state index in [-0.39, 0.29) is 0 Å². The first kappa shape index (κ1) is 17.3. The molecule has 2 heteroatoms. The summed E-state index contributed by atoms with van der Waals surface area (Å²) in [4.78, 5) is 0. The zero-order chi connectivity index (χ0) is 15.2. The van der Waals surface area contributed by atoms with Crippen LogP contribution in [0.4, 0.5) is 0 Å². The minimum absolute atomic E-state index is 1.18. The second-order valence-electron chi connectivity index (χ2n) is 6.26. The first-order valence-corrected chi connectivity index (χ1v) is 10.8. The first-order valence-electron chi connectivity index (χ1n) is 8.24. The average molecular weight is 293 g/mol. The Morgan fingerprint density at radius 3 is 1.55 bits per heavy atom. The van der Waals surface area contributed by atoms with Gasteiger partial charge in [-0.3, -0.25) is 0 Å². The lowest BCUT2D eigenvalue weighted by atomic mass is 10.1. The highest BCUT2D eigenvalue weighted by Crippen LogP contribution is 2.33.